The van der Waals surface area contributed by atoms with Crippen LogP contribution in [0.4, 0.5) is 0 Å². The molecule has 0 radical (unpaired) electrons. The maximum absolute atomic E-state index is 12.2. The summed E-state index contributed by atoms with van der Waals surface area (Å²) in [6.45, 7) is 0.811. The van der Waals surface area contributed by atoms with E-state index in [1.54, 1.807) is 0 Å². The smallest absolute Gasteiger partial charge is 0.223 e. The summed E-state index contributed by atoms with van der Waals surface area (Å²) in [6, 6.07) is 0. The van der Waals surface area contributed by atoms with Crippen LogP contribution in [0, 0.1) is 23.2 Å². The van der Waals surface area contributed by atoms with Crippen LogP contribution in [0.3, 0.4) is 0 Å². The fraction of sp³-hybridized carbons (Fsp3) is 0.933. The number of rotatable bonds is 4. The lowest BCUT2D eigenvalue weighted by molar-refractivity contribution is -0.123. The zero-order valence-corrected chi connectivity index (χ0v) is 11.8. The van der Waals surface area contributed by atoms with Crippen LogP contribution in [0.25, 0.3) is 0 Å². The summed E-state index contributed by atoms with van der Waals surface area (Å²) in [5, 5.41) is 3.21. The molecule has 2 nitrogen and oxygen atoms in total. The Hall–Kier alpha value is -0.240. The fourth-order valence-electron chi connectivity index (χ4n) is 4.26. The van der Waals surface area contributed by atoms with E-state index in [0.717, 1.165) is 6.54 Å². The molecule has 0 heterocycles. The van der Waals surface area contributed by atoms with Crippen molar-refractivity contribution in [2.24, 2.45) is 23.2 Å². The highest BCUT2D eigenvalue weighted by atomic mass is 35.5. The number of hydrogen-bond donors (Lipinski definition) is 1. The van der Waals surface area contributed by atoms with E-state index in [2.05, 4.69) is 5.32 Å². The van der Waals surface area contributed by atoms with Crippen molar-refractivity contribution in [2.45, 2.75) is 51.4 Å². The zero-order chi connectivity index (χ0) is 12.6. The van der Waals surface area contributed by atoms with Crippen molar-refractivity contribution >= 4 is 17.5 Å². The van der Waals surface area contributed by atoms with Crippen LogP contribution in [0.2, 0.25) is 0 Å². The molecular weight excluding hydrogens is 246 g/mol. The molecule has 3 aliphatic carbocycles. The monoisotopic (exact) mass is 269 g/mol. The van der Waals surface area contributed by atoms with E-state index in [-0.39, 0.29) is 5.41 Å². The Morgan fingerprint density at radius 1 is 1.11 bits per heavy atom. The molecule has 0 aliphatic heterocycles. The topological polar surface area (TPSA) is 29.1 Å². The lowest BCUT2D eigenvalue weighted by atomic mass is 9.88. The van der Waals surface area contributed by atoms with Crippen LogP contribution in [0.15, 0.2) is 0 Å². The number of carbonyl (C=O) groups excluding carboxylic acids is 1. The van der Waals surface area contributed by atoms with E-state index in [0.29, 0.717) is 29.5 Å². The SMILES string of the molecule is O=C(NCC1(CCl)CCCC1)C1C2CCCCC21. The van der Waals surface area contributed by atoms with Gasteiger partial charge >= 0.3 is 0 Å². The van der Waals surface area contributed by atoms with E-state index in [4.69, 9.17) is 11.6 Å². The minimum Gasteiger partial charge on any atom is -0.355 e. The van der Waals surface area contributed by atoms with Gasteiger partial charge in [-0.1, -0.05) is 25.7 Å². The quantitative estimate of drug-likeness (QED) is 0.780. The van der Waals surface area contributed by atoms with Crippen molar-refractivity contribution in [1.29, 1.82) is 0 Å². The maximum atomic E-state index is 12.2. The number of hydrogen-bond acceptors (Lipinski definition) is 1. The van der Waals surface area contributed by atoms with Gasteiger partial charge < -0.3 is 5.32 Å². The van der Waals surface area contributed by atoms with Gasteiger partial charge in [0.05, 0.1) is 0 Å². The van der Waals surface area contributed by atoms with Gasteiger partial charge in [-0.2, -0.15) is 0 Å². The predicted molar refractivity (Wildman–Crippen MR) is 73.6 cm³/mol. The highest BCUT2D eigenvalue weighted by molar-refractivity contribution is 6.18. The fourth-order valence-corrected chi connectivity index (χ4v) is 4.62. The Balaban J connectivity index is 1.50. The molecule has 3 aliphatic rings. The van der Waals surface area contributed by atoms with Crippen molar-refractivity contribution in [3.05, 3.63) is 0 Å². The molecule has 0 aromatic heterocycles. The van der Waals surface area contributed by atoms with Crippen LogP contribution in [0.5, 0.6) is 0 Å². The van der Waals surface area contributed by atoms with E-state index in [1.165, 1.54) is 51.4 Å². The van der Waals surface area contributed by atoms with Crippen molar-refractivity contribution in [3.63, 3.8) is 0 Å². The predicted octanol–water partition coefficient (Wildman–Crippen LogP) is 3.34. The first-order chi connectivity index (χ1) is 8.76. The number of amides is 1. The third kappa shape index (κ3) is 2.29. The van der Waals surface area contributed by atoms with Gasteiger partial charge in [-0.05, 0) is 37.5 Å². The second kappa shape index (κ2) is 5.03. The molecule has 3 saturated carbocycles. The standard InChI is InChI=1S/C15H24ClNO/c16-9-15(7-3-4-8-15)10-17-14(18)13-11-5-1-2-6-12(11)13/h11-13H,1-10H2,(H,17,18). The minimum absolute atomic E-state index is 0.206. The Labute approximate surface area is 115 Å². The summed E-state index contributed by atoms with van der Waals surface area (Å²) in [7, 11) is 0. The summed E-state index contributed by atoms with van der Waals surface area (Å²) in [6.07, 6.45) is 10.1. The lowest BCUT2D eigenvalue weighted by Gasteiger charge is -2.26. The Morgan fingerprint density at radius 2 is 1.72 bits per heavy atom. The number of carbonyl (C=O) groups is 1. The van der Waals surface area contributed by atoms with Crippen LogP contribution in [-0.4, -0.2) is 18.3 Å². The average Bonchev–Trinajstić information content (AvgIpc) is 2.95. The van der Waals surface area contributed by atoms with Crippen LogP contribution in [0.1, 0.15) is 51.4 Å². The molecule has 3 fully saturated rings. The maximum Gasteiger partial charge on any atom is 0.223 e. The molecule has 1 amide bonds. The van der Waals surface area contributed by atoms with Gasteiger partial charge in [0.1, 0.15) is 0 Å². The van der Waals surface area contributed by atoms with E-state index >= 15 is 0 Å². The summed E-state index contributed by atoms with van der Waals surface area (Å²) < 4.78 is 0. The normalized spacial score (nSPS) is 37.1. The molecule has 2 atom stereocenters. The van der Waals surface area contributed by atoms with Gasteiger partial charge in [0.2, 0.25) is 5.91 Å². The highest BCUT2D eigenvalue weighted by Crippen LogP contribution is 2.55. The van der Waals surface area contributed by atoms with Crippen molar-refractivity contribution in [1.82, 2.24) is 5.32 Å². The first kappa shape index (κ1) is 12.8. The molecular formula is C15H24ClNO. The average molecular weight is 270 g/mol. The molecule has 3 heteroatoms. The van der Waals surface area contributed by atoms with Gasteiger partial charge in [-0.3, -0.25) is 4.79 Å². The summed E-state index contributed by atoms with van der Waals surface area (Å²) in [5.74, 6) is 2.80. The molecule has 2 unspecified atom stereocenters. The second-order valence-electron chi connectivity index (χ2n) is 6.70. The molecule has 0 aromatic carbocycles. The first-order valence-electron chi connectivity index (χ1n) is 7.59. The van der Waals surface area contributed by atoms with Gasteiger partial charge in [0.15, 0.2) is 0 Å². The summed E-state index contributed by atoms with van der Waals surface area (Å²) in [4.78, 5) is 12.2. The van der Waals surface area contributed by atoms with E-state index < -0.39 is 0 Å². The Bertz CT molecular complexity index is 312. The van der Waals surface area contributed by atoms with Gasteiger partial charge in [-0.25, -0.2) is 0 Å². The van der Waals surface area contributed by atoms with Crippen molar-refractivity contribution < 1.29 is 4.79 Å². The van der Waals surface area contributed by atoms with E-state index in [9.17, 15) is 4.79 Å². The molecule has 102 valence electrons. The Morgan fingerprint density at radius 3 is 2.28 bits per heavy atom. The number of alkyl halides is 1. The third-order valence-electron chi connectivity index (χ3n) is 5.54. The zero-order valence-electron chi connectivity index (χ0n) is 11.1. The van der Waals surface area contributed by atoms with Gasteiger partial charge in [0, 0.05) is 23.8 Å². The minimum atomic E-state index is 0.206. The molecule has 0 bridgehead atoms. The second-order valence-corrected chi connectivity index (χ2v) is 6.96. The number of fused-ring (bicyclic) bond motifs is 1. The van der Waals surface area contributed by atoms with Crippen LogP contribution >= 0.6 is 11.6 Å². The van der Waals surface area contributed by atoms with E-state index in [1.807, 2.05) is 0 Å². The number of halogens is 1. The lowest BCUT2D eigenvalue weighted by Crippen LogP contribution is -2.38. The summed E-state index contributed by atoms with van der Waals surface area (Å²) in [5.41, 5.74) is 0.206. The largest absolute Gasteiger partial charge is 0.355 e. The summed E-state index contributed by atoms with van der Waals surface area (Å²) >= 11 is 6.11. The third-order valence-corrected chi connectivity index (χ3v) is 6.11. The Kier molecular flexibility index (Phi) is 3.57. The molecule has 0 aromatic rings. The van der Waals surface area contributed by atoms with Crippen molar-refractivity contribution in [3.8, 4) is 0 Å². The van der Waals surface area contributed by atoms with Crippen LogP contribution in [-0.2, 0) is 4.79 Å². The molecule has 3 rings (SSSR count). The molecule has 1 N–H and O–H groups in total. The first-order valence-corrected chi connectivity index (χ1v) is 8.13. The molecule has 18 heavy (non-hydrogen) atoms. The van der Waals surface area contributed by atoms with Gasteiger partial charge in [-0.15, -0.1) is 11.6 Å². The highest BCUT2D eigenvalue weighted by Gasteiger charge is 2.54. The van der Waals surface area contributed by atoms with Crippen molar-refractivity contribution in [2.75, 3.05) is 12.4 Å². The number of nitrogens with one attached hydrogen (secondary N) is 1. The molecule has 0 saturated heterocycles. The van der Waals surface area contributed by atoms with Gasteiger partial charge in [0.25, 0.3) is 0 Å². The van der Waals surface area contributed by atoms with Crippen LogP contribution < -0.4 is 5.32 Å². The molecule has 0 spiro atoms.